The van der Waals surface area contributed by atoms with Crippen LogP contribution in [0.15, 0.2) is 22.6 Å². The topological polar surface area (TPSA) is 64.9 Å². The second kappa shape index (κ2) is 3.14. The molecule has 0 bridgehead atoms. The first-order valence-electron chi connectivity index (χ1n) is 4.34. The van der Waals surface area contributed by atoms with Gasteiger partial charge in [0.1, 0.15) is 17.3 Å². The molecule has 2 aromatic rings. The van der Waals surface area contributed by atoms with Gasteiger partial charge < -0.3 is 10.2 Å². The van der Waals surface area contributed by atoms with E-state index in [2.05, 4.69) is 9.97 Å². The Morgan fingerprint density at radius 3 is 2.57 bits per heavy atom. The number of nitrogen functional groups attached to an aromatic ring is 1. The number of nitrogens with zero attached hydrogens (tertiary/aromatic N) is 2. The first kappa shape index (κ1) is 8.74. The molecule has 0 atom stereocenters. The van der Waals surface area contributed by atoms with Crippen LogP contribution in [0, 0.1) is 13.8 Å². The zero-order valence-electron chi connectivity index (χ0n) is 8.11. The maximum Gasteiger partial charge on any atom is 0.245 e. The quantitative estimate of drug-likeness (QED) is 0.744. The third kappa shape index (κ3) is 1.46. The van der Waals surface area contributed by atoms with Crippen LogP contribution in [-0.2, 0) is 0 Å². The summed E-state index contributed by atoms with van der Waals surface area (Å²) in [6.07, 6.45) is 0. The highest BCUT2D eigenvalue weighted by Crippen LogP contribution is 2.19. The smallest absolute Gasteiger partial charge is 0.245 e. The Kier molecular flexibility index (Phi) is 1.96. The fourth-order valence-electron chi connectivity index (χ4n) is 1.15. The fourth-order valence-corrected chi connectivity index (χ4v) is 1.15. The van der Waals surface area contributed by atoms with Gasteiger partial charge in [0.15, 0.2) is 0 Å². The molecule has 72 valence electrons. The molecule has 14 heavy (non-hydrogen) atoms. The minimum absolute atomic E-state index is 0.469. The molecule has 4 nitrogen and oxygen atoms in total. The summed E-state index contributed by atoms with van der Waals surface area (Å²) < 4.78 is 5.43. The summed E-state index contributed by atoms with van der Waals surface area (Å²) in [7, 11) is 0. The minimum atomic E-state index is 0.469. The Bertz CT molecular complexity index is 443. The molecule has 0 saturated carbocycles. The molecular weight excluding hydrogens is 178 g/mol. The largest absolute Gasteiger partial charge is 0.440 e. The van der Waals surface area contributed by atoms with Crippen LogP contribution in [0.2, 0.25) is 0 Å². The number of oxazole rings is 1. The summed E-state index contributed by atoms with van der Waals surface area (Å²) >= 11 is 0. The summed E-state index contributed by atoms with van der Waals surface area (Å²) in [4.78, 5) is 8.36. The summed E-state index contributed by atoms with van der Waals surface area (Å²) in [6.45, 7) is 3.77. The molecule has 0 aliphatic heterocycles. The lowest BCUT2D eigenvalue weighted by Crippen LogP contribution is -1.91. The van der Waals surface area contributed by atoms with E-state index in [1.807, 2.05) is 26.0 Å². The number of rotatable bonds is 1. The second-order valence-corrected chi connectivity index (χ2v) is 3.11. The first-order valence-corrected chi connectivity index (χ1v) is 4.34. The van der Waals surface area contributed by atoms with Crippen molar-refractivity contribution in [3.05, 3.63) is 29.7 Å². The molecule has 4 heteroatoms. The lowest BCUT2D eigenvalue weighted by molar-refractivity contribution is 0.539. The number of hydrogen-bond acceptors (Lipinski definition) is 4. The normalized spacial score (nSPS) is 10.4. The van der Waals surface area contributed by atoms with Crippen LogP contribution in [-0.4, -0.2) is 9.97 Å². The fraction of sp³-hybridized carbons (Fsp3) is 0.200. The van der Waals surface area contributed by atoms with Crippen molar-refractivity contribution in [2.75, 3.05) is 5.73 Å². The van der Waals surface area contributed by atoms with Gasteiger partial charge in [-0.1, -0.05) is 6.07 Å². The molecule has 2 aromatic heterocycles. The number of aromatic nitrogens is 2. The molecule has 2 N–H and O–H groups in total. The van der Waals surface area contributed by atoms with E-state index in [1.54, 1.807) is 6.07 Å². The second-order valence-electron chi connectivity index (χ2n) is 3.11. The highest BCUT2D eigenvalue weighted by molar-refractivity contribution is 5.50. The Balaban J connectivity index is 2.49. The Morgan fingerprint density at radius 2 is 2.00 bits per heavy atom. The third-order valence-electron chi connectivity index (χ3n) is 2.02. The van der Waals surface area contributed by atoms with E-state index >= 15 is 0 Å². The van der Waals surface area contributed by atoms with Crippen molar-refractivity contribution in [2.45, 2.75) is 13.8 Å². The van der Waals surface area contributed by atoms with Crippen molar-refractivity contribution in [2.24, 2.45) is 0 Å². The van der Waals surface area contributed by atoms with Gasteiger partial charge in [-0.3, -0.25) is 0 Å². The van der Waals surface area contributed by atoms with E-state index in [1.165, 1.54) is 0 Å². The van der Waals surface area contributed by atoms with E-state index in [0.29, 0.717) is 17.4 Å². The number of aryl methyl sites for hydroxylation is 2. The van der Waals surface area contributed by atoms with Crippen molar-refractivity contribution < 1.29 is 4.42 Å². The average Bonchev–Trinajstić information content (AvgIpc) is 2.47. The highest BCUT2D eigenvalue weighted by Gasteiger charge is 2.08. The van der Waals surface area contributed by atoms with Gasteiger partial charge >= 0.3 is 0 Å². The van der Waals surface area contributed by atoms with Crippen molar-refractivity contribution >= 4 is 5.82 Å². The van der Waals surface area contributed by atoms with Crippen LogP contribution >= 0.6 is 0 Å². The third-order valence-corrected chi connectivity index (χ3v) is 2.02. The Morgan fingerprint density at radius 1 is 1.21 bits per heavy atom. The van der Waals surface area contributed by atoms with Gasteiger partial charge in [-0.25, -0.2) is 9.97 Å². The van der Waals surface area contributed by atoms with Crippen LogP contribution in [0.5, 0.6) is 0 Å². The molecule has 2 heterocycles. The zero-order chi connectivity index (χ0) is 10.1. The Hall–Kier alpha value is -1.84. The maximum atomic E-state index is 5.56. The van der Waals surface area contributed by atoms with Gasteiger partial charge in [0.2, 0.25) is 5.89 Å². The molecule has 0 aliphatic carbocycles. The van der Waals surface area contributed by atoms with Crippen molar-refractivity contribution in [1.29, 1.82) is 0 Å². The summed E-state index contributed by atoms with van der Waals surface area (Å²) in [5.74, 6) is 1.80. The number of nitrogens with two attached hydrogens (primary N) is 1. The average molecular weight is 189 g/mol. The summed E-state index contributed by atoms with van der Waals surface area (Å²) in [5.41, 5.74) is 7.11. The molecule has 0 aromatic carbocycles. The summed E-state index contributed by atoms with van der Waals surface area (Å²) in [5, 5.41) is 0. The zero-order valence-corrected chi connectivity index (χ0v) is 8.11. The molecule has 0 unspecified atom stereocenters. The van der Waals surface area contributed by atoms with E-state index < -0.39 is 0 Å². The van der Waals surface area contributed by atoms with Crippen LogP contribution in [0.1, 0.15) is 11.5 Å². The molecule has 0 spiro atoms. The van der Waals surface area contributed by atoms with Gasteiger partial charge in [-0.2, -0.15) is 0 Å². The van der Waals surface area contributed by atoms with Gasteiger partial charge in [-0.15, -0.1) is 0 Å². The minimum Gasteiger partial charge on any atom is -0.440 e. The number of hydrogen-bond donors (Lipinski definition) is 1. The van der Waals surface area contributed by atoms with Gasteiger partial charge in [0.05, 0.1) is 5.69 Å². The van der Waals surface area contributed by atoms with Crippen LogP contribution in [0.25, 0.3) is 11.6 Å². The van der Waals surface area contributed by atoms with Crippen LogP contribution < -0.4 is 5.73 Å². The van der Waals surface area contributed by atoms with Gasteiger partial charge in [-0.05, 0) is 26.0 Å². The highest BCUT2D eigenvalue weighted by atomic mass is 16.4. The molecule has 0 aliphatic rings. The molecule has 2 rings (SSSR count). The number of pyridine rings is 1. The lowest BCUT2D eigenvalue weighted by Gasteiger charge is -1.95. The monoisotopic (exact) mass is 189 g/mol. The first-order chi connectivity index (χ1) is 6.66. The molecule has 0 radical (unpaired) electrons. The molecule has 0 fully saturated rings. The van der Waals surface area contributed by atoms with Crippen molar-refractivity contribution in [1.82, 2.24) is 9.97 Å². The van der Waals surface area contributed by atoms with Crippen molar-refractivity contribution in [3.8, 4) is 11.6 Å². The van der Waals surface area contributed by atoms with Crippen LogP contribution in [0.3, 0.4) is 0 Å². The summed E-state index contributed by atoms with van der Waals surface area (Å²) in [6, 6.07) is 5.37. The number of anilines is 1. The SMILES string of the molecule is Cc1nc(-c2cccc(N)n2)oc1C. The predicted octanol–water partition coefficient (Wildman–Crippen LogP) is 1.94. The van der Waals surface area contributed by atoms with E-state index in [4.69, 9.17) is 10.2 Å². The maximum absolute atomic E-state index is 5.56. The lowest BCUT2D eigenvalue weighted by atomic mass is 10.3. The van der Waals surface area contributed by atoms with E-state index in [9.17, 15) is 0 Å². The van der Waals surface area contributed by atoms with E-state index in [-0.39, 0.29) is 0 Å². The Labute approximate surface area is 81.8 Å². The van der Waals surface area contributed by atoms with Crippen molar-refractivity contribution in [3.63, 3.8) is 0 Å². The van der Waals surface area contributed by atoms with Crippen LogP contribution in [0.4, 0.5) is 5.82 Å². The van der Waals surface area contributed by atoms with Gasteiger partial charge in [0, 0.05) is 0 Å². The van der Waals surface area contributed by atoms with E-state index in [0.717, 1.165) is 11.5 Å². The van der Waals surface area contributed by atoms with Gasteiger partial charge in [0.25, 0.3) is 0 Å². The molecule has 0 saturated heterocycles. The standard InChI is InChI=1S/C10H11N3O/c1-6-7(2)14-10(12-6)8-4-3-5-9(11)13-8/h3-5H,1-2H3,(H2,11,13). The molecule has 0 amide bonds. The molecular formula is C10H11N3O. The predicted molar refractivity (Wildman–Crippen MR) is 53.6 cm³/mol.